The average Bonchev–Trinajstić information content (AvgIpc) is 1.13. The molecule has 0 spiro atoms. The molecule has 81 heavy (non-hydrogen) atoms. The maximum absolute atomic E-state index is 2.77. The van der Waals surface area contributed by atoms with Crippen molar-refractivity contribution in [2.75, 3.05) is 19.6 Å². The highest BCUT2D eigenvalue weighted by atomic mass is 32.1. The second-order valence-corrected chi connectivity index (χ2v) is 25.2. The standard InChI is InChI=1S/C72H50B4N4S/c1-41(2)44-24-20-25-45(42(3)4)66(44)75-48-26-9-14-31-56(48)77(43-21-6-5-7-22-43)61-39-62-55(38-54(61)75)76-53-37-47-46-23-8-19-36-64(46)81-65(47)40-63(53)80-60-35-18-13-30-52(60)74-50-28-11-16-33-58(50)78-57-32-15-10-27-49(57)73-51-29-12-17-34-59(51)79(62)71-67(73)70(78)68(74)72(80)69(71)76/h5-42H,1-4H3. The van der Waals surface area contributed by atoms with Crippen LogP contribution in [0.4, 0.5) is 68.2 Å². The van der Waals surface area contributed by atoms with Gasteiger partial charge in [-0.3, -0.25) is 0 Å². The van der Waals surface area contributed by atoms with Crippen molar-refractivity contribution in [3.8, 4) is 0 Å². The van der Waals surface area contributed by atoms with E-state index in [0.29, 0.717) is 11.8 Å². The maximum Gasteiger partial charge on any atom is 0.252 e. The summed E-state index contributed by atoms with van der Waals surface area (Å²) in [6.45, 7) is 9.47. The van der Waals surface area contributed by atoms with E-state index in [1.165, 1.54) is 159 Å². The lowest BCUT2D eigenvalue weighted by molar-refractivity contribution is 0.845. The molecule has 0 fully saturated rings. The Morgan fingerprint density at radius 2 is 0.667 bits per heavy atom. The van der Waals surface area contributed by atoms with Crippen LogP contribution in [0.25, 0.3) is 20.2 Å². The second kappa shape index (κ2) is 15.9. The molecule has 0 N–H and O–H groups in total. The van der Waals surface area contributed by atoms with Crippen LogP contribution in [0.15, 0.2) is 218 Å². The second-order valence-electron chi connectivity index (χ2n) is 24.1. The molecule has 11 aromatic carbocycles. The van der Waals surface area contributed by atoms with E-state index in [0.717, 1.165) is 5.69 Å². The molecule has 376 valence electrons. The van der Waals surface area contributed by atoms with Gasteiger partial charge in [0.1, 0.15) is 0 Å². The Labute approximate surface area is 477 Å². The average molecular weight is 1050 g/mol. The fourth-order valence-electron chi connectivity index (χ4n) is 16.6. The molecule has 0 atom stereocenters. The van der Waals surface area contributed by atoms with E-state index < -0.39 is 0 Å². The van der Waals surface area contributed by atoms with E-state index in [1.54, 1.807) is 0 Å². The molecule has 7 aliphatic heterocycles. The molecule has 19 rings (SSSR count). The topological polar surface area (TPSA) is 13.0 Å². The van der Waals surface area contributed by atoms with Gasteiger partial charge >= 0.3 is 0 Å². The summed E-state index contributed by atoms with van der Waals surface area (Å²) in [5, 5.41) is 2.66. The summed E-state index contributed by atoms with van der Waals surface area (Å²) in [7, 11) is 0. The zero-order chi connectivity index (χ0) is 53.3. The maximum atomic E-state index is 2.77. The molecule has 0 amide bonds. The van der Waals surface area contributed by atoms with E-state index in [1.807, 2.05) is 11.3 Å². The minimum atomic E-state index is -0.102. The van der Waals surface area contributed by atoms with Crippen LogP contribution in [0.2, 0.25) is 0 Å². The number of benzene rings is 11. The third-order valence-electron chi connectivity index (χ3n) is 19.6. The zero-order valence-corrected chi connectivity index (χ0v) is 46.3. The Kier molecular flexibility index (Phi) is 8.83. The fourth-order valence-corrected chi connectivity index (χ4v) is 17.7. The Bertz CT molecular complexity index is 4780. The van der Waals surface area contributed by atoms with Crippen molar-refractivity contribution in [3.63, 3.8) is 0 Å². The molecule has 9 heteroatoms. The Morgan fingerprint density at radius 1 is 0.284 bits per heavy atom. The summed E-state index contributed by atoms with van der Waals surface area (Å²) in [5.74, 6) is 0.648. The number of thiophene rings is 1. The fraction of sp³-hybridized carbons (Fsp3) is 0.0833. The van der Waals surface area contributed by atoms with Crippen LogP contribution >= 0.6 is 11.3 Å². The van der Waals surface area contributed by atoms with Gasteiger partial charge in [0.05, 0.1) is 0 Å². The first-order valence-electron chi connectivity index (χ1n) is 29.1. The van der Waals surface area contributed by atoms with Crippen molar-refractivity contribution < 1.29 is 0 Å². The molecule has 0 radical (unpaired) electrons. The van der Waals surface area contributed by atoms with Crippen molar-refractivity contribution in [1.82, 2.24) is 0 Å². The van der Waals surface area contributed by atoms with Crippen molar-refractivity contribution in [2.45, 2.75) is 39.5 Å². The van der Waals surface area contributed by atoms with Crippen molar-refractivity contribution >= 4 is 192 Å². The van der Waals surface area contributed by atoms with E-state index >= 15 is 0 Å². The van der Waals surface area contributed by atoms with Crippen LogP contribution in [0.3, 0.4) is 0 Å². The van der Waals surface area contributed by atoms with Crippen molar-refractivity contribution in [3.05, 3.63) is 230 Å². The van der Waals surface area contributed by atoms with E-state index in [4.69, 9.17) is 0 Å². The molecule has 0 aliphatic carbocycles. The number of hydrogen-bond donors (Lipinski definition) is 0. The molecule has 1 aromatic heterocycles. The molecule has 7 aliphatic rings. The van der Waals surface area contributed by atoms with Gasteiger partial charge in [0.25, 0.3) is 20.1 Å². The van der Waals surface area contributed by atoms with Crippen molar-refractivity contribution in [2.24, 2.45) is 0 Å². The largest absolute Gasteiger partial charge is 0.312 e. The monoisotopic (exact) mass is 1050 g/mol. The van der Waals surface area contributed by atoms with Crippen LogP contribution in [0.1, 0.15) is 50.7 Å². The van der Waals surface area contributed by atoms with Crippen LogP contribution in [-0.2, 0) is 0 Å². The summed E-state index contributed by atoms with van der Waals surface area (Å²) >= 11 is 1.93. The molecule has 0 saturated carbocycles. The zero-order valence-electron chi connectivity index (χ0n) is 45.4. The van der Waals surface area contributed by atoms with Crippen LogP contribution in [0, 0.1) is 0 Å². The van der Waals surface area contributed by atoms with Crippen LogP contribution < -0.4 is 85.2 Å². The lowest BCUT2D eigenvalue weighted by Gasteiger charge is -2.56. The van der Waals surface area contributed by atoms with Crippen LogP contribution in [0.5, 0.6) is 0 Å². The van der Waals surface area contributed by atoms with Crippen molar-refractivity contribution in [1.29, 1.82) is 0 Å². The first-order chi connectivity index (χ1) is 39.9. The number of hydrogen-bond acceptors (Lipinski definition) is 5. The molecule has 0 unspecified atom stereocenters. The number of rotatable bonds is 4. The van der Waals surface area contributed by atoms with Gasteiger partial charge in [0.15, 0.2) is 0 Å². The lowest BCUT2D eigenvalue weighted by Crippen LogP contribution is -2.75. The third-order valence-corrected chi connectivity index (χ3v) is 20.7. The third kappa shape index (κ3) is 5.56. The number of nitrogens with zero attached hydrogens (tertiary/aromatic N) is 4. The van der Waals surface area contributed by atoms with Gasteiger partial charge in [-0.2, -0.15) is 0 Å². The van der Waals surface area contributed by atoms with E-state index in [-0.39, 0.29) is 26.9 Å². The molecule has 8 heterocycles. The first-order valence-corrected chi connectivity index (χ1v) is 29.9. The number of para-hydroxylation sites is 6. The molecule has 0 bridgehead atoms. The van der Waals surface area contributed by atoms with Gasteiger partial charge in [-0.25, -0.2) is 0 Å². The lowest BCUT2D eigenvalue weighted by atomic mass is 9.24. The quantitative estimate of drug-likeness (QED) is 0.163. The van der Waals surface area contributed by atoms with Gasteiger partial charge in [0.2, 0.25) is 6.71 Å². The Balaban J connectivity index is 1.02. The normalized spacial score (nSPS) is 14.7. The molecule has 12 aromatic rings. The summed E-state index contributed by atoms with van der Waals surface area (Å²) in [6.07, 6.45) is 0. The first kappa shape index (κ1) is 44.9. The predicted molar refractivity (Wildman–Crippen MR) is 351 cm³/mol. The summed E-state index contributed by atoms with van der Waals surface area (Å²) < 4.78 is 2.65. The van der Waals surface area contributed by atoms with E-state index in [2.05, 4.69) is 266 Å². The van der Waals surface area contributed by atoms with Gasteiger partial charge in [0, 0.05) is 83.0 Å². The minimum Gasteiger partial charge on any atom is -0.312 e. The Morgan fingerprint density at radius 3 is 1.17 bits per heavy atom. The van der Waals surface area contributed by atoms with Gasteiger partial charge in [-0.15, -0.1) is 11.3 Å². The van der Waals surface area contributed by atoms with Gasteiger partial charge < -0.3 is 19.6 Å². The highest BCUT2D eigenvalue weighted by molar-refractivity contribution is 7.26. The highest BCUT2D eigenvalue weighted by Crippen LogP contribution is 2.53. The summed E-state index contributed by atoms with van der Waals surface area (Å²) in [5.41, 5.74) is 34.8. The minimum absolute atomic E-state index is 0.0107. The Hall–Kier alpha value is -8.90. The van der Waals surface area contributed by atoms with Crippen LogP contribution in [-0.4, -0.2) is 26.9 Å². The molecular weight excluding hydrogens is 996 g/mol. The summed E-state index contributed by atoms with van der Waals surface area (Å²) in [6, 6.07) is 84.9. The SMILES string of the molecule is CC(C)c1cccc(C(C)C)c1B1c2ccccc2N(c2ccccc2)c2cc3c(cc21)B1c2cc4c(cc2N2c5ccccc5B5c6ccccc6N6c7ccccc7B7c8ccccc8N3c3c7c6c5c2c31)sc1ccccc14. The predicted octanol–water partition coefficient (Wildman–Crippen LogP) is 10.4. The van der Waals surface area contributed by atoms with Gasteiger partial charge in [-0.05, 0) is 149 Å². The van der Waals surface area contributed by atoms with Gasteiger partial charge in [-0.1, -0.05) is 191 Å². The molecule has 4 nitrogen and oxygen atoms in total. The summed E-state index contributed by atoms with van der Waals surface area (Å²) in [4.78, 5) is 10.8. The number of fused-ring (bicyclic) bond motifs is 23. The van der Waals surface area contributed by atoms with E-state index in [9.17, 15) is 0 Å². The molecule has 0 saturated heterocycles. The smallest absolute Gasteiger partial charge is 0.252 e. The number of anilines is 12. The molecular formula is C72H50B4N4S. The highest BCUT2D eigenvalue weighted by Gasteiger charge is 2.58.